The Morgan fingerprint density at radius 1 is 0.875 bits per heavy atom. The molecule has 0 fully saturated rings. The van der Waals surface area contributed by atoms with Crippen LogP contribution < -0.4 is 29.6 Å². The van der Waals surface area contributed by atoms with Crippen molar-refractivity contribution in [2.75, 3.05) is 0 Å². The minimum Gasteiger partial charge on any atom is -0.744 e. The fourth-order valence-electron chi connectivity index (χ4n) is 3.26. The second kappa shape index (κ2) is 7.88. The van der Waals surface area contributed by atoms with Crippen molar-refractivity contribution in [3.05, 3.63) is 41.0 Å². The summed E-state index contributed by atoms with van der Waals surface area (Å²) in [5, 5.41) is 1.94. The van der Waals surface area contributed by atoms with Crippen LogP contribution in [0.4, 0.5) is 0 Å². The molecule has 0 unspecified atom stereocenters. The Kier molecular flexibility index (Phi) is 7.11. The van der Waals surface area contributed by atoms with E-state index in [9.17, 15) is 13.0 Å². The number of benzene rings is 2. The summed E-state index contributed by atoms with van der Waals surface area (Å²) in [6.07, 6.45) is 0. The van der Waals surface area contributed by atoms with Crippen molar-refractivity contribution in [3.8, 4) is 0 Å². The maximum Gasteiger partial charge on any atom is 1.00 e. The molecule has 0 heterocycles. The van der Waals surface area contributed by atoms with Crippen LogP contribution in [0.1, 0.15) is 76.0 Å². The molecule has 3 nitrogen and oxygen atoms in total. The summed E-state index contributed by atoms with van der Waals surface area (Å²) >= 11 is 0. The van der Waals surface area contributed by atoms with E-state index in [2.05, 4.69) is 13.8 Å². The molecule has 2 aromatic carbocycles. The third kappa shape index (κ3) is 4.05. The summed E-state index contributed by atoms with van der Waals surface area (Å²) in [4.78, 5) is -0.0110. The average Bonchev–Trinajstić information content (AvgIpc) is 2.42. The van der Waals surface area contributed by atoms with Crippen LogP contribution in [0, 0.1) is 0 Å². The molecule has 0 aliphatic carbocycles. The van der Waals surface area contributed by atoms with E-state index >= 15 is 0 Å². The van der Waals surface area contributed by atoms with Crippen molar-refractivity contribution in [1.29, 1.82) is 0 Å². The standard InChI is InChI=1S/C19H26O3S.Na/c1-11(2)15-9-7-8-14-10-16(12(3)4)19(23(20,21)22)17(13(5)6)18(14)15;/h7-13H,1-6H3,(H,20,21,22);/q;+1/p-1. The normalized spacial score (nSPS) is 12.2. The van der Waals surface area contributed by atoms with Gasteiger partial charge in [-0.25, -0.2) is 8.42 Å². The number of rotatable bonds is 4. The topological polar surface area (TPSA) is 57.2 Å². The summed E-state index contributed by atoms with van der Waals surface area (Å²) in [6, 6.07) is 7.90. The maximum atomic E-state index is 12.1. The third-order valence-electron chi connectivity index (χ3n) is 4.29. The molecule has 0 atom stereocenters. The Hall–Kier alpha value is -0.390. The van der Waals surface area contributed by atoms with Gasteiger partial charge in [-0.2, -0.15) is 0 Å². The summed E-state index contributed by atoms with van der Waals surface area (Å²) in [6.45, 7) is 11.9. The van der Waals surface area contributed by atoms with Gasteiger partial charge in [0, 0.05) is 0 Å². The first-order valence-electron chi connectivity index (χ1n) is 8.11. The monoisotopic (exact) mass is 356 g/mol. The van der Waals surface area contributed by atoms with Gasteiger partial charge in [-0.05, 0) is 51.3 Å². The van der Waals surface area contributed by atoms with E-state index in [-0.39, 0.29) is 52.2 Å². The average molecular weight is 356 g/mol. The van der Waals surface area contributed by atoms with E-state index in [0.29, 0.717) is 11.1 Å². The van der Waals surface area contributed by atoms with E-state index in [0.717, 1.165) is 16.3 Å². The zero-order chi connectivity index (χ0) is 17.5. The van der Waals surface area contributed by atoms with Crippen LogP contribution >= 0.6 is 0 Å². The molecule has 0 aliphatic rings. The van der Waals surface area contributed by atoms with Gasteiger partial charge >= 0.3 is 29.6 Å². The zero-order valence-corrected chi connectivity index (χ0v) is 18.5. The Balaban J connectivity index is 0.00000288. The zero-order valence-electron chi connectivity index (χ0n) is 15.7. The van der Waals surface area contributed by atoms with Crippen molar-refractivity contribution < 1.29 is 42.5 Å². The Labute approximate surface area is 167 Å². The van der Waals surface area contributed by atoms with Crippen LogP contribution in [-0.2, 0) is 10.1 Å². The van der Waals surface area contributed by atoms with E-state index in [1.807, 2.05) is 52.0 Å². The molecule has 0 aromatic heterocycles. The van der Waals surface area contributed by atoms with E-state index < -0.39 is 10.1 Å². The summed E-state index contributed by atoms with van der Waals surface area (Å²) in [7, 11) is -4.54. The molecule has 0 bridgehead atoms. The first-order valence-corrected chi connectivity index (χ1v) is 9.51. The SMILES string of the molecule is CC(C)c1cc2cccc(C(C)C)c2c(C(C)C)c1S(=O)(=O)[O-].[Na+]. The third-order valence-corrected chi connectivity index (χ3v) is 5.24. The molecule has 24 heavy (non-hydrogen) atoms. The minimum absolute atomic E-state index is 0. The van der Waals surface area contributed by atoms with Gasteiger partial charge in [-0.1, -0.05) is 59.7 Å². The van der Waals surface area contributed by atoms with Crippen LogP contribution in [0.3, 0.4) is 0 Å². The molecule has 5 heteroatoms. The van der Waals surface area contributed by atoms with Gasteiger partial charge in [-0.15, -0.1) is 0 Å². The Bertz CT molecular complexity index is 837. The molecule has 0 amide bonds. The predicted molar refractivity (Wildman–Crippen MR) is 94.2 cm³/mol. The van der Waals surface area contributed by atoms with E-state index in [1.54, 1.807) is 0 Å². The van der Waals surface area contributed by atoms with Crippen LogP contribution in [0.25, 0.3) is 10.8 Å². The number of hydrogen-bond acceptors (Lipinski definition) is 3. The van der Waals surface area contributed by atoms with Crippen LogP contribution in [0.15, 0.2) is 29.2 Å². The Morgan fingerprint density at radius 3 is 1.83 bits per heavy atom. The first-order chi connectivity index (χ1) is 10.6. The molecule has 0 radical (unpaired) electrons. The molecule has 0 spiro atoms. The molecule has 2 rings (SSSR count). The Morgan fingerprint density at radius 2 is 1.42 bits per heavy atom. The van der Waals surface area contributed by atoms with E-state index in [4.69, 9.17) is 0 Å². The van der Waals surface area contributed by atoms with Gasteiger partial charge in [0.15, 0.2) is 0 Å². The van der Waals surface area contributed by atoms with Gasteiger partial charge in [0.1, 0.15) is 10.1 Å². The molecule has 0 aliphatic heterocycles. The smallest absolute Gasteiger partial charge is 0.744 e. The number of hydrogen-bond donors (Lipinski definition) is 0. The number of fused-ring (bicyclic) bond motifs is 1. The van der Waals surface area contributed by atoms with E-state index in [1.165, 1.54) is 0 Å². The molecule has 2 aromatic rings. The fourth-order valence-corrected chi connectivity index (χ4v) is 4.45. The molecule has 0 N–H and O–H groups in total. The van der Waals surface area contributed by atoms with Gasteiger partial charge < -0.3 is 4.55 Å². The largest absolute Gasteiger partial charge is 1.00 e. The van der Waals surface area contributed by atoms with Crippen molar-refractivity contribution in [3.63, 3.8) is 0 Å². The molecule has 126 valence electrons. The summed E-state index contributed by atoms with van der Waals surface area (Å²) in [5.74, 6) is 0.177. The maximum absolute atomic E-state index is 12.1. The molecular formula is C19H25NaO3S. The van der Waals surface area contributed by atoms with Crippen LogP contribution in [0.5, 0.6) is 0 Å². The quantitative estimate of drug-likeness (QED) is 0.623. The van der Waals surface area contributed by atoms with Crippen molar-refractivity contribution >= 4 is 20.9 Å². The van der Waals surface area contributed by atoms with Crippen LogP contribution in [0.2, 0.25) is 0 Å². The van der Waals surface area contributed by atoms with Crippen LogP contribution in [-0.4, -0.2) is 13.0 Å². The first kappa shape index (κ1) is 21.7. The predicted octanol–water partition coefficient (Wildman–Crippen LogP) is 2.12. The minimum atomic E-state index is -4.54. The second-order valence-corrected chi connectivity index (χ2v) is 8.39. The summed E-state index contributed by atoms with van der Waals surface area (Å²) < 4.78 is 36.2. The van der Waals surface area contributed by atoms with Gasteiger partial charge in [0.25, 0.3) is 0 Å². The second-order valence-electron chi connectivity index (χ2n) is 7.07. The van der Waals surface area contributed by atoms with Crippen molar-refractivity contribution in [2.24, 2.45) is 0 Å². The van der Waals surface area contributed by atoms with Crippen molar-refractivity contribution in [1.82, 2.24) is 0 Å². The fraction of sp³-hybridized carbons (Fsp3) is 0.474. The van der Waals surface area contributed by atoms with Gasteiger partial charge in [-0.3, -0.25) is 0 Å². The van der Waals surface area contributed by atoms with Gasteiger partial charge in [0.2, 0.25) is 0 Å². The summed E-state index contributed by atoms with van der Waals surface area (Å²) in [5.41, 5.74) is 2.38. The van der Waals surface area contributed by atoms with Gasteiger partial charge in [0.05, 0.1) is 4.90 Å². The molecule has 0 saturated carbocycles. The molecular weight excluding hydrogens is 331 g/mol. The van der Waals surface area contributed by atoms with Crippen molar-refractivity contribution in [2.45, 2.75) is 64.2 Å². The molecule has 0 saturated heterocycles.